The van der Waals surface area contributed by atoms with Crippen molar-refractivity contribution >= 4 is 28.7 Å². The zero-order valence-electron chi connectivity index (χ0n) is 10.6. The van der Waals surface area contributed by atoms with Gasteiger partial charge in [-0.2, -0.15) is 0 Å². The van der Waals surface area contributed by atoms with Crippen molar-refractivity contribution in [2.75, 3.05) is 12.4 Å². The van der Waals surface area contributed by atoms with E-state index >= 15 is 0 Å². The Bertz CT molecular complexity index is 586. The number of thiocarbonyl (C=S) groups is 1. The summed E-state index contributed by atoms with van der Waals surface area (Å²) in [6.45, 7) is 0.540. The summed E-state index contributed by atoms with van der Waals surface area (Å²) < 4.78 is 5.17. The third kappa shape index (κ3) is 3.49. The predicted octanol–water partition coefficient (Wildman–Crippen LogP) is 2.61. The molecule has 0 saturated heterocycles. The maximum Gasteiger partial charge on any atom is 0.130 e. The average molecular weight is 273 g/mol. The van der Waals surface area contributed by atoms with E-state index in [0.717, 1.165) is 16.8 Å². The Morgan fingerprint density at radius 2 is 2.16 bits per heavy atom. The molecule has 4 nitrogen and oxygen atoms in total. The van der Waals surface area contributed by atoms with Crippen molar-refractivity contribution in [2.45, 2.75) is 6.61 Å². The van der Waals surface area contributed by atoms with Crippen LogP contribution in [0.5, 0.6) is 0 Å². The summed E-state index contributed by atoms with van der Waals surface area (Å²) >= 11 is 4.96. The Balaban J connectivity index is 2.26. The first-order chi connectivity index (χ1) is 9.20. The first-order valence-corrected chi connectivity index (χ1v) is 6.21. The van der Waals surface area contributed by atoms with Gasteiger partial charge in [0.1, 0.15) is 10.8 Å². The molecule has 1 heterocycles. The number of ether oxygens (including phenoxy) is 1. The van der Waals surface area contributed by atoms with Gasteiger partial charge in [-0.05, 0) is 18.2 Å². The van der Waals surface area contributed by atoms with Crippen LogP contribution in [-0.4, -0.2) is 17.1 Å². The molecule has 0 saturated carbocycles. The summed E-state index contributed by atoms with van der Waals surface area (Å²) in [7, 11) is 1.67. The molecule has 0 fully saturated rings. The van der Waals surface area contributed by atoms with Crippen molar-refractivity contribution in [1.82, 2.24) is 4.98 Å². The SMILES string of the molecule is COCc1ccccc1Nc1cc(C(N)=S)ccn1. The fourth-order valence-corrected chi connectivity index (χ4v) is 1.84. The number of aromatic nitrogens is 1. The second-order valence-corrected chi connectivity index (χ2v) is 4.45. The van der Waals surface area contributed by atoms with Crippen molar-refractivity contribution in [2.24, 2.45) is 5.73 Å². The number of benzene rings is 1. The molecule has 2 aromatic rings. The van der Waals surface area contributed by atoms with Crippen molar-refractivity contribution < 1.29 is 4.74 Å². The van der Waals surface area contributed by atoms with Crippen LogP contribution in [0, 0.1) is 0 Å². The standard InChI is InChI=1S/C14H15N3OS/c1-18-9-11-4-2-3-5-12(11)17-13-8-10(14(15)19)6-7-16-13/h2-8H,9H2,1H3,(H2,15,19)(H,16,17). The van der Waals surface area contributed by atoms with E-state index in [1.807, 2.05) is 30.3 Å². The number of rotatable bonds is 5. The Kier molecular flexibility index (Phi) is 4.43. The smallest absolute Gasteiger partial charge is 0.130 e. The van der Waals surface area contributed by atoms with Gasteiger partial charge >= 0.3 is 0 Å². The van der Waals surface area contributed by atoms with Crippen LogP contribution in [0.15, 0.2) is 42.6 Å². The fraction of sp³-hybridized carbons (Fsp3) is 0.143. The number of nitrogens with two attached hydrogens (primary N) is 1. The lowest BCUT2D eigenvalue weighted by atomic mass is 10.2. The lowest BCUT2D eigenvalue weighted by molar-refractivity contribution is 0.185. The highest BCUT2D eigenvalue weighted by molar-refractivity contribution is 7.80. The zero-order valence-corrected chi connectivity index (χ0v) is 11.4. The molecule has 1 aromatic heterocycles. The molecule has 0 atom stereocenters. The quantitative estimate of drug-likeness (QED) is 0.820. The number of hydrogen-bond acceptors (Lipinski definition) is 4. The van der Waals surface area contributed by atoms with Crippen LogP contribution in [0.4, 0.5) is 11.5 Å². The largest absolute Gasteiger partial charge is 0.389 e. The van der Waals surface area contributed by atoms with E-state index in [-0.39, 0.29) is 0 Å². The average Bonchev–Trinajstić information content (AvgIpc) is 2.41. The maximum atomic E-state index is 5.61. The van der Waals surface area contributed by atoms with Gasteiger partial charge in [0.05, 0.1) is 6.61 Å². The van der Waals surface area contributed by atoms with Crippen molar-refractivity contribution in [3.05, 3.63) is 53.7 Å². The molecule has 0 unspecified atom stereocenters. The molecule has 0 radical (unpaired) electrons. The molecule has 98 valence electrons. The minimum atomic E-state index is 0.357. The molecule has 1 aromatic carbocycles. The molecule has 0 bridgehead atoms. The number of anilines is 2. The van der Waals surface area contributed by atoms with Crippen LogP contribution in [0.25, 0.3) is 0 Å². The second kappa shape index (κ2) is 6.26. The second-order valence-electron chi connectivity index (χ2n) is 4.01. The molecule has 19 heavy (non-hydrogen) atoms. The van der Waals surface area contributed by atoms with E-state index in [1.54, 1.807) is 19.4 Å². The number of hydrogen-bond donors (Lipinski definition) is 2. The predicted molar refractivity (Wildman–Crippen MR) is 80.6 cm³/mol. The van der Waals surface area contributed by atoms with Crippen molar-refractivity contribution in [3.8, 4) is 0 Å². The highest BCUT2D eigenvalue weighted by Crippen LogP contribution is 2.20. The number of para-hydroxylation sites is 1. The summed E-state index contributed by atoms with van der Waals surface area (Å²) in [6, 6.07) is 11.5. The Morgan fingerprint density at radius 3 is 2.89 bits per heavy atom. The third-order valence-electron chi connectivity index (χ3n) is 2.62. The van der Waals surface area contributed by atoms with Crippen molar-refractivity contribution in [3.63, 3.8) is 0 Å². The van der Waals surface area contributed by atoms with Gasteiger partial charge in [0.15, 0.2) is 0 Å². The minimum Gasteiger partial charge on any atom is -0.389 e. The van der Waals surface area contributed by atoms with Crippen LogP contribution in [0.2, 0.25) is 0 Å². The maximum absolute atomic E-state index is 5.61. The normalized spacial score (nSPS) is 10.2. The number of methoxy groups -OCH3 is 1. The van der Waals surface area contributed by atoms with Crippen LogP contribution in [0.3, 0.4) is 0 Å². The van der Waals surface area contributed by atoms with Gasteiger partial charge in [-0.25, -0.2) is 4.98 Å². The summed E-state index contributed by atoms with van der Waals surface area (Å²) in [5.41, 5.74) is 8.42. The van der Waals surface area contributed by atoms with Crippen LogP contribution >= 0.6 is 12.2 Å². The lowest BCUT2D eigenvalue weighted by Gasteiger charge is -2.11. The Hall–Kier alpha value is -1.98. The third-order valence-corrected chi connectivity index (χ3v) is 2.86. The van der Waals surface area contributed by atoms with Crippen LogP contribution < -0.4 is 11.1 Å². The van der Waals surface area contributed by atoms with Crippen LogP contribution in [0.1, 0.15) is 11.1 Å². The number of pyridine rings is 1. The fourth-order valence-electron chi connectivity index (χ4n) is 1.71. The molecule has 0 aliphatic heterocycles. The van der Waals surface area contributed by atoms with E-state index < -0.39 is 0 Å². The molecule has 0 amide bonds. The number of nitrogens with one attached hydrogen (secondary N) is 1. The lowest BCUT2D eigenvalue weighted by Crippen LogP contribution is -2.10. The summed E-state index contributed by atoms with van der Waals surface area (Å²) in [6.07, 6.45) is 1.68. The molecule has 0 aliphatic carbocycles. The van der Waals surface area contributed by atoms with E-state index in [4.69, 9.17) is 22.7 Å². The minimum absolute atomic E-state index is 0.357. The Morgan fingerprint density at radius 1 is 1.37 bits per heavy atom. The summed E-state index contributed by atoms with van der Waals surface area (Å²) in [4.78, 5) is 4.61. The van der Waals surface area contributed by atoms with Gasteiger partial charge in [-0.15, -0.1) is 0 Å². The van der Waals surface area contributed by atoms with Crippen LogP contribution in [-0.2, 0) is 11.3 Å². The Labute approximate surface area is 117 Å². The molecule has 0 spiro atoms. The van der Waals surface area contributed by atoms with Crippen molar-refractivity contribution in [1.29, 1.82) is 0 Å². The van der Waals surface area contributed by atoms with E-state index in [9.17, 15) is 0 Å². The molecular weight excluding hydrogens is 258 g/mol. The van der Waals surface area contributed by atoms with E-state index in [2.05, 4.69) is 10.3 Å². The number of nitrogens with zero attached hydrogens (tertiary/aromatic N) is 1. The zero-order chi connectivity index (χ0) is 13.7. The summed E-state index contributed by atoms with van der Waals surface area (Å²) in [5, 5.41) is 3.25. The first kappa shape index (κ1) is 13.5. The topological polar surface area (TPSA) is 60.2 Å². The van der Waals surface area contributed by atoms with Gasteiger partial charge in [0, 0.05) is 30.1 Å². The van der Waals surface area contributed by atoms with E-state index in [0.29, 0.717) is 17.4 Å². The van der Waals surface area contributed by atoms with Gasteiger partial charge in [-0.1, -0.05) is 30.4 Å². The molecule has 0 aliphatic rings. The van der Waals surface area contributed by atoms with Gasteiger partial charge < -0.3 is 15.8 Å². The van der Waals surface area contributed by atoms with Gasteiger partial charge in [0.2, 0.25) is 0 Å². The van der Waals surface area contributed by atoms with E-state index in [1.165, 1.54) is 0 Å². The molecular formula is C14H15N3OS. The molecule has 5 heteroatoms. The molecule has 3 N–H and O–H groups in total. The highest BCUT2D eigenvalue weighted by Gasteiger charge is 2.04. The highest BCUT2D eigenvalue weighted by atomic mass is 32.1. The monoisotopic (exact) mass is 273 g/mol. The van der Waals surface area contributed by atoms with Gasteiger partial charge in [-0.3, -0.25) is 0 Å². The summed E-state index contributed by atoms with van der Waals surface area (Å²) in [5.74, 6) is 0.703. The molecule has 2 rings (SSSR count). The first-order valence-electron chi connectivity index (χ1n) is 5.80. The van der Waals surface area contributed by atoms with Gasteiger partial charge in [0.25, 0.3) is 0 Å².